The van der Waals surface area contributed by atoms with Crippen LogP contribution in [-0.4, -0.2) is 28.9 Å². The smallest absolute Gasteiger partial charge is 0.164 e. The van der Waals surface area contributed by atoms with E-state index < -0.39 is 7.80 Å². The standard InChI is InChI=1S/C13H32BP2/c1-11(2,3)15(10)14-16(12(4,5)6)13(7,8)9/h15-16H,1-10H3/q+1. The average Bonchev–Trinajstić information content (AvgIpc) is 1.92. The van der Waals surface area contributed by atoms with Gasteiger partial charge in [0.15, 0.2) is 6.72 Å². The highest BCUT2D eigenvalue weighted by Crippen LogP contribution is 2.65. The van der Waals surface area contributed by atoms with Gasteiger partial charge in [-0.25, -0.2) is 0 Å². The zero-order valence-electron chi connectivity index (χ0n) is 13.1. The Morgan fingerprint density at radius 2 is 0.938 bits per heavy atom. The predicted octanol–water partition coefficient (Wildman–Crippen LogP) is 4.97. The first-order chi connectivity index (χ1) is 6.76. The van der Waals surface area contributed by atoms with Gasteiger partial charge in [-0.15, -0.1) is 0 Å². The molecule has 0 nitrogen and oxygen atoms in total. The summed E-state index contributed by atoms with van der Waals surface area (Å²) in [5, 5.41) is 1.44. The van der Waals surface area contributed by atoms with Crippen LogP contribution in [0.3, 0.4) is 0 Å². The second-order valence-corrected chi connectivity index (χ2v) is 15.8. The Balaban J connectivity index is 4.85. The summed E-state index contributed by atoms with van der Waals surface area (Å²) in [5.74, 6) is 0. The van der Waals surface area contributed by atoms with Gasteiger partial charge in [0, 0.05) is 22.1 Å². The molecular weight excluding hydrogens is 229 g/mol. The van der Waals surface area contributed by atoms with Gasteiger partial charge in [-0.2, -0.15) is 15.6 Å². The number of hydrogen-bond acceptors (Lipinski definition) is 0. The number of hydrogen-bond donors (Lipinski definition) is 0. The van der Waals surface area contributed by atoms with Crippen LogP contribution in [0.1, 0.15) is 62.3 Å². The van der Waals surface area contributed by atoms with Crippen molar-refractivity contribution in [3.63, 3.8) is 0 Å². The molecule has 96 valence electrons. The lowest BCUT2D eigenvalue weighted by Gasteiger charge is -2.43. The van der Waals surface area contributed by atoms with Crippen molar-refractivity contribution in [3.8, 4) is 0 Å². The fraction of sp³-hybridized carbons (Fsp3) is 1.00. The molecule has 0 aliphatic heterocycles. The Kier molecular flexibility index (Phi) is 5.58. The molecule has 0 aromatic rings. The van der Waals surface area contributed by atoms with Gasteiger partial charge in [-0.05, 0) is 62.3 Å². The molecule has 0 heterocycles. The molecule has 0 N–H and O–H groups in total. The molecule has 0 aliphatic carbocycles. The van der Waals surface area contributed by atoms with E-state index in [1.807, 2.05) is 0 Å². The topological polar surface area (TPSA) is 0 Å². The van der Waals surface area contributed by atoms with Crippen LogP contribution in [0.2, 0.25) is 0 Å². The first-order valence-electron chi connectivity index (χ1n) is 6.33. The lowest BCUT2D eigenvalue weighted by molar-refractivity contribution is 0.719. The molecule has 2 radical (unpaired) electrons. The van der Waals surface area contributed by atoms with Crippen LogP contribution in [0.25, 0.3) is 0 Å². The zero-order chi connectivity index (χ0) is 13.4. The Morgan fingerprint density at radius 3 is 1.12 bits per heavy atom. The molecule has 0 bridgehead atoms. The molecule has 0 saturated heterocycles. The maximum Gasteiger partial charge on any atom is 0.164 e. The van der Waals surface area contributed by atoms with Gasteiger partial charge < -0.3 is 0 Å². The zero-order valence-corrected chi connectivity index (χ0v) is 15.1. The Hall–Kier alpha value is 0.925. The lowest BCUT2D eigenvalue weighted by Crippen LogP contribution is -2.29. The molecule has 0 aromatic heterocycles. The highest BCUT2D eigenvalue weighted by Gasteiger charge is 2.39. The van der Waals surface area contributed by atoms with Crippen molar-refractivity contribution in [2.75, 3.05) is 6.66 Å². The monoisotopic (exact) mass is 261 g/mol. The molecular formula is C13H32BP2+. The lowest BCUT2D eigenvalue weighted by atomic mass is 10.2. The summed E-state index contributed by atoms with van der Waals surface area (Å²) >= 11 is 0. The molecule has 3 heteroatoms. The molecule has 0 aromatic carbocycles. The summed E-state index contributed by atoms with van der Waals surface area (Å²) in [5.41, 5.74) is 0. The normalized spacial score (nSPS) is 16.7. The molecule has 1 atom stereocenters. The van der Waals surface area contributed by atoms with Gasteiger partial charge in [0.05, 0.1) is 0 Å². The van der Waals surface area contributed by atoms with Crippen molar-refractivity contribution in [2.45, 2.75) is 77.8 Å². The van der Waals surface area contributed by atoms with E-state index in [2.05, 4.69) is 75.7 Å². The van der Waals surface area contributed by atoms with Gasteiger partial charge in [-0.1, -0.05) is 0 Å². The summed E-state index contributed by atoms with van der Waals surface area (Å²) in [6, 6.07) is 0. The van der Waals surface area contributed by atoms with Crippen molar-refractivity contribution >= 4 is 22.3 Å². The second-order valence-electron chi connectivity index (χ2n) is 7.99. The third-order valence-electron chi connectivity index (χ3n) is 3.16. The van der Waals surface area contributed by atoms with Crippen molar-refractivity contribution in [1.82, 2.24) is 0 Å². The minimum Gasteiger partial charge on any atom is -0.171 e. The van der Waals surface area contributed by atoms with Crippen molar-refractivity contribution in [3.05, 3.63) is 0 Å². The molecule has 0 saturated carbocycles. The Morgan fingerprint density at radius 1 is 0.625 bits per heavy atom. The van der Waals surface area contributed by atoms with E-state index in [0.29, 0.717) is 15.5 Å². The van der Waals surface area contributed by atoms with Gasteiger partial charge >= 0.3 is 0 Å². The van der Waals surface area contributed by atoms with E-state index in [-0.39, 0.29) is 7.80 Å². The van der Waals surface area contributed by atoms with Crippen LogP contribution in [0.5, 0.6) is 0 Å². The van der Waals surface area contributed by atoms with E-state index in [4.69, 9.17) is 0 Å². The predicted molar refractivity (Wildman–Crippen MR) is 87.6 cm³/mol. The minimum absolute atomic E-state index is 0.348. The summed E-state index contributed by atoms with van der Waals surface area (Å²) in [4.78, 5) is 0. The van der Waals surface area contributed by atoms with E-state index in [1.165, 1.54) is 0 Å². The number of rotatable bonds is 2. The maximum atomic E-state index is 2.79. The minimum atomic E-state index is -0.437. The summed E-state index contributed by atoms with van der Waals surface area (Å²) in [6.07, 6.45) is 0. The quantitative estimate of drug-likeness (QED) is 0.486. The van der Waals surface area contributed by atoms with Crippen LogP contribution in [0, 0.1) is 0 Å². The van der Waals surface area contributed by atoms with Crippen LogP contribution < -0.4 is 0 Å². The third-order valence-corrected chi connectivity index (χ3v) is 11.6. The second kappa shape index (κ2) is 5.28. The van der Waals surface area contributed by atoms with Gasteiger partial charge in [0.2, 0.25) is 0 Å². The van der Waals surface area contributed by atoms with Crippen molar-refractivity contribution in [2.24, 2.45) is 0 Å². The Labute approximate surface area is 107 Å². The first kappa shape index (κ1) is 16.9. The summed E-state index contributed by atoms with van der Waals surface area (Å²) in [6.45, 7) is 26.9. The van der Waals surface area contributed by atoms with Gasteiger partial charge in [-0.3, -0.25) is 0 Å². The molecule has 0 aliphatic rings. The van der Waals surface area contributed by atoms with Gasteiger partial charge in [0.1, 0.15) is 0 Å². The maximum absolute atomic E-state index is 2.79. The SMILES string of the molecule is C[PH+]([B-][PH+](C(C)(C)C)C(C)(C)C)C(C)(C)C. The van der Waals surface area contributed by atoms with E-state index in [1.54, 1.807) is 0 Å². The highest BCUT2D eigenvalue weighted by molar-refractivity contribution is 8.16. The van der Waals surface area contributed by atoms with Crippen molar-refractivity contribution < 1.29 is 0 Å². The van der Waals surface area contributed by atoms with E-state index in [9.17, 15) is 0 Å². The van der Waals surface area contributed by atoms with Gasteiger partial charge in [0.25, 0.3) is 0 Å². The first-order valence-corrected chi connectivity index (χ1v) is 9.98. The average molecular weight is 261 g/mol. The van der Waals surface area contributed by atoms with Crippen molar-refractivity contribution in [1.29, 1.82) is 0 Å². The van der Waals surface area contributed by atoms with Crippen LogP contribution >= 0.6 is 15.6 Å². The van der Waals surface area contributed by atoms with E-state index in [0.717, 1.165) is 0 Å². The molecule has 0 amide bonds. The fourth-order valence-electron chi connectivity index (χ4n) is 1.99. The molecule has 0 rings (SSSR count). The molecule has 0 spiro atoms. The highest BCUT2D eigenvalue weighted by atomic mass is 31.2. The molecule has 16 heavy (non-hydrogen) atoms. The fourth-order valence-corrected chi connectivity index (χ4v) is 11.2. The summed E-state index contributed by atoms with van der Waals surface area (Å²) < 4.78 is 0. The third kappa shape index (κ3) is 5.51. The van der Waals surface area contributed by atoms with Crippen LogP contribution in [0.4, 0.5) is 0 Å². The Bertz CT molecular complexity index is 204. The largest absolute Gasteiger partial charge is 0.171 e. The van der Waals surface area contributed by atoms with Crippen LogP contribution in [-0.2, 0) is 0 Å². The molecule has 0 fully saturated rings. The molecule has 1 unspecified atom stereocenters. The van der Waals surface area contributed by atoms with E-state index >= 15 is 0 Å². The summed E-state index contributed by atoms with van der Waals surface area (Å²) in [7, 11) is -0.785. The van der Waals surface area contributed by atoms with Crippen LogP contribution in [0.15, 0.2) is 0 Å².